The molecule has 0 aliphatic carbocycles. The first kappa shape index (κ1) is 17.3. The molecule has 2 aromatic carbocycles. The summed E-state index contributed by atoms with van der Waals surface area (Å²) in [5, 5.41) is 2.57. The first-order chi connectivity index (χ1) is 10.8. The van der Waals surface area contributed by atoms with Crippen LogP contribution in [0.1, 0.15) is 24.5 Å². The van der Waals surface area contributed by atoms with Gasteiger partial charge < -0.3 is 5.32 Å². The predicted octanol–water partition coefficient (Wildman–Crippen LogP) is 5.19. The van der Waals surface area contributed by atoms with Crippen LogP contribution in [0.15, 0.2) is 54.6 Å². The van der Waals surface area contributed by atoms with Crippen LogP contribution in [-0.4, -0.2) is 5.91 Å². The van der Waals surface area contributed by atoms with E-state index in [2.05, 4.69) is 5.32 Å². The van der Waals surface area contributed by atoms with Crippen molar-refractivity contribution in [1.29, 1.82) is 0 Å². The van der Waals surface area contributed by atoms with Gasteiger partial charge in [-0.15, -0.1) is 11.6 Å². The summed E-state index contributed by atoms with van der Waals surface area (Å²) in [5.74, 6) is -0.479. The summed E-state index contributed by atoms with van der Waals surface area (Å²) in [6, 6.07) is 13.1. The van der Waals surface area contributed by atoms with E-state index < -0.39 is 22.5 Å². The molecule has 1 unspecified atom stereocenters. The second-order valence-corrected chi connectivity index (χ2v) is 5.70. The Kier molecular flexibility index (Phi) is 5.00. The lowest BCUT2D eigenvalue weighted by Crippen LogP contribution is -2.34. The fraction of sp³-hybridized carbons (Fsp3) is 0.235. The smallest absolute Gasteiger partial charge is 0.324 e. The highest BCUT2D eigenvalue weighted by atomic mass is 35.5. The van der Waals surface area contributed by atoms with Crippen molar-refractivity contribution in [3.63, 3.8) is 0 Å². The Balaban J connectivity index is 2.20. The first-order valence-corrected chi connectivity index (χ1v) is 7.38. The lowest BCUT2D eigenvalue weighted by Gasteiger charge is -2.25. The highest BCUT2D eigenvalue weighted by molar-refractivity contribution is 6.36. The van der Waals surface area contributed by atoms with Gasteiger partial charge in [0.15, 0.2) is 0 Å². The Bertz CT molecular complexity index is 670. The van der Waals surface area contributed by atoms with Gasteiger partial charge in [0.05, 0.1) is 5.56 Å². The van der Waals surface area contributed by atoms with Gasteiger partial charge in [-0.2, -0.15) is 13.2 Å². The number of carbonyl (C=O) groups is 1. The molecule has 0 aliphatic rings. The minimum absolute atomic E-state index is 0.261. The zero-order valence-electron chi connectivity index (χ0n) is 12.3. The molecule has 1 amide bonds. The van der Waals surface area contributed by atoms with Crippen LogP contribution in [-0.2, 0) is 15.8 Å². The van der Waals surface area contributed by atoms with Crippen LogP contribution in [0, 0.1) is 0 Å². The molecule has 122 valence electrons. The third-order valence-electron chi connectivity index (χ3n) is 3.55. The van der Waals surface area contributed by atoms with E-state index in [-0.39, 0.29) is 5.69 Å². The maximum absolute atomic E-state index is 12.5. The molecule has 0 saturated heterocycles. The van der Waals surface area contributed by atoms with E-state index in [1.165, 1.54) is 12.1 Å². The van der Waals surface area contributed by atoms with E-state index in [4.69, 9.17) is 11.6 Å². The van der Waals surface area contributed by atoms with Crippen molar-refractivity contribution in [3.05, 3.63) is 65.7 Å². The molecule has 2 rings (SSSR count). The second-order valence-electron chi connectivity index (χ2n) is 5.05. The molecule has 0 fully saturated rings. The molecule has 0 heterocycles. The van der Waals surface area contributed by atoms with E-state index in [1.54, 1.807) is 31.2 Å². The Morgan fingerprint density at radius 2 is 1.57 bits per heavy atom. The van der Waals surface area contributed by atoms with Crippen molar-refractivity contribution in [1.82, 2.24) is 0 Å². The molecule has 0 aliphatic heterocycles. The summed E-state index contributed by atoms with van der Waals surface area (Å²) in [6.45, 7) is 1.77. The lowest BCUT2D eigenvalue weighted by atomic mass is 9.94. The Hall–Kier alpha value is -2.01. The average Bonchev–Trinajstić information content (AvgIpc) is 2.54. The van der Waals surface area contributed by atoms with Gasteiger partial charge >= 0.3 is 6.18 Å². The Labute approximate surface area is 137 Å². The van der Waals surface area contributed by atoms with E-state index in [0.717, 1.165) is 12.1 Å². The summed E-state index contributed by atoms with van der Waals surface area (Å²) in [4.78, 5) is 11.2. The molecule has 2 nitrogen and oxygen atoms in total. The van der Waals surface area contributed by atoms with Gasteiger partial charge in [0.1, 0.15) is 4.87 Å². The van der Waals surface area contributed by atoms with Crippen LogP contribution < -0.4 is 5.32 Å². The zero-order valence-corrected chi connectivity index (χ0v) is 13.1. The van der Waals surface area contributed by atoms with Crippen LogP contribution in [0.2, 0.25) is 0 Å². The lowest BCUT2D eigenvalue weighted by molar-refractivity contribution is -0.137. The summed E-state index contributed by atoms with van der Waals surface area (Å²) in [5.41, 5.74) is 0.122. The van der Waals surface area contributed by atoms with E-state index in [0.29, 0.717) is 12.0 Å². The topological polar surface area (TPSA) is 29.1 Å². The van der Waals surface area contributed by atoms with Crippen LogP contribution in [0.5, 0.6) is 0 Å². The summed E-state index contributed by atoms with van der Waals surface area (Å²) in [6.07, 6.45) is -4.07. The molecule has 0 aromatic heterocycles. The standard InChI is InChI=1S/C17H15ClF3NO/c1-2-16(18,12-6-4-3-5-7-12)15(23)22-14-10-8-13(9-11-14)17(19,20)21/h3-11H,2H2,1H3,(H,22,23). The third kappa shape index (κ3) is 3.85. The summed E-state index contributed by atoms with van der Waals surface area (Å²) in [7, 11) is 0. The highest BCUT2D eigenvalue weighted by Crippen LogP contribution is 2.34. The van der Waals surface area contributed by atoms with Gasteiger partial charge in [0, 0.05) is 5.69 Å². The molecule has 1 N–H and O–H groups in total. The second kappa shape index (κ2) is 6.62. The van der Waals surface area contributed by atoms with E-state index in [9.17, 15) is 18.0 Å². The first-order valence-electron chi connectivity index (χ1n) is 7.00. The maximum atomic E-state index is 12.5. The fourth-order valence-corrected chi connectivity index (χ4v) is 2.34. The molecule has 1 atom stereocenters. The minimum atomic E-state index is -4.41. The van der Waals surface area contributed by atoms with Crippen molar-refractivity contribution in [3.8, 4) is 0 Å². The van der Waals surface area contributed by atoms with Gasteiger partial charge in [0.25, 0.3) is 0 Å². The number of hydrogen-bond acceptors (Lipinski definition) is 1. The third-order valence-corrected chi connectivity index (χ3v) is 4.21. The van der Waals surface area contributed by atoms with Crippen LogP contribution in [0.3, 0.4) is 0 Å². The molecular formula is C17H15ClF3NO. The highest BCUT2D eigenvalue weighted by Gasteiger charge is 2.36. The van der Waals surface area contributed by atoms with E-state index in [1.807, 2.05) is 6.07 Å². The van der Waals surface area contributed by atoms with Crippen LogP contribution >= 0.6 is 11.6 Å². The van der Waals surface area contributed by atoms with Crippen LogP contribution in [0.4, 0.5) is 18.9 Å². The summed E-state index contributed by atoms with van der Waals surface area (Å²) < 4.78 is 37.6. The van der Waals surface area contributed by atoms with Crippen LogP contribution in [0.25, 0.3) is 0 Å². The fourth-order valence-electron chi connectivity index (χ4n) is 2.17. The van der Waals surface area contributed by atoms with Crippen molar-refractivity contribution in [2.24, 2.45) is 0 Å². The Morgan fingerprint density at radius 3 is 2.04 bits per heavy atom. The number of benzene rings is 2. The number of hydrogen-bond donors (Lipinski definition) is 1. The number of amides is 1. The number of anilines is 1. The number of halogens is 4. The number of rotatable bonds is 4. The van der Waals surface area contributed by atoms with Crippen molar-refractivity contribution in [2.75, 3.05) is 5.32 Å². The molecule has 23 heavy (non-hydrogen) atoms. The van der Waals surface area contributed by atoms with Crippen molar-refractivity contribution < 1.29 is 18.0 Å². The van der Waals surface area contributed by atoms with Gasteiger partial charge in [-0.05, 0) is 36.2 Å². The SMILES string of the molecule is CCC(Cl)(C(=O)Nc1ccc(C(F)(F)F)cc1)c1ccccc1. The largest absolute Gasteiger partial charge is 0.416 e. The number of nitrogens with one attached hydrogen (secondary N) is 1. The predicted molar refractivity (Wildman–Crippen MR) is 84.3 cm³/mol. The molecule has 6 heteroatoms. The van der Waals surface area contributed by atoms with Gasteiger partial charge in [-0.25, -0.2) is 0 Å². The van der Waals surface area contributed by atoms with Gasteiger partial charge in [0.2, 0.25) is 5.91 Å². The zero-order chi connectivity index (χ0) is 17.1. The number of carbonyl (C=O) groups excluding carboxylic acids is 1. The van der Waals surface area contributed by atoms with E-state index >= 15 is 0 Å². The van der Waals surface area contributed by atoms with Gasteiger partial charge in [-0.1, -0.05) is 37.3 Å². The Morgan fingerprint density at radius 1 is 1.00 bits per heavy atom. The molecule has 0 radical (unpaired) electrons. The summed E-state index contributed by atoms with van der Waals surface area (Å²) >= 11 is 6.46. The average molecular weight is 342 g/mol. The normalized spacial score (nSPS) is 14.1. The maximum Gasteiger partial charge on any atom is 0.416 e. The van der Waals surface area contributed by atoms with Crippen molar-refractivity contribution in [2.45, 2.75) is 24.4 Å². The van der Waals surface area contributed by atoms with Gasteiger partial charge in [-0.3, -0.25) is 4.79 Å². The molecule has 2 aromatic rings. The molecule has 0 spiro atoms. The molecule has 0 saturated carbocycles. The minimum Gasteiger partial charge on any atom is -0.324 e. The number of alkyl halides is 4. The molecular weight excluding hydrogens is 327 g/mol. The monoisotopic (exact) mass is 341 g/mol. The molecule has 0 bridgehead atoms. The van der Waals surface area contributed by atoms with Crippen molar-refractivity contribution >= 4 is 23.2 Å². The quantitative estimate of drug-likeness (QED) is 0.762.